The van der Waals surface area contributed by atoms with Gasteiger partial charge >= 0.3 is 0 Å². The molecule has 2 aromatic heterocycles. The Balaban J connectivity index is 1.61. The van der Waals surface area contributed by atoms with Gasteiger partial charge in [-0.1, -0.05) is 13.8 Å². The third kappa shape index (κ3) is 4.19. The first-order valence-electron chi connectivity index (χ1n) is 9.00. The van der Waals surface area contributed by atoms with Crippen molar-refractivity contribution in [2.75, 3.05) is 31.2 Å². The van der Waals surface area contributed by atoms with E-state index >= 15 is 0 Å². The maximum Gasteiger partial charge on any atom is 0.243 e. The van der Waals surface area contributed by atoms with Gasteiger partial charge in [0.15, 0.2) is 0 Å². The number of carbonyl (C=O) groups is 1. The van der Waals surface area contributed by atoms with Gasteiger partial charge in [0.1, 0.15) is 24.0 Å². The third-order valence-corrected chi connectivity index (χ3v) is 4.50. The first-order valence-corrected chi connectivity index (χ1v) is 9.00. The van der Waals surface area contributed by atoms with Crippen LogP contribution in [0, 0.1) is 0 Å². The van der Waals surface area contributed by atoms with Crippen LogP contribution in [0.5, 0.6) is 0 Å². The van der Waals surface area contributed by atoms with Crippen molar-refractivity contribution in [3.05, 3.63) is 36.3 Å². The monoisotopic (exact) mass is 358 g/mol. The van der Waals surface area contributed by atoms with E-state index in [2.05, 4.69) is 39.0 Å². The van der Waals surface area contributed by atoms with Crippen LogP contribution in [0.25, 0.3) is 0 Å². The molecule has 0 spiro atoms. The summed E-state index contributed by atoms with van der Waals surface area (Å²) in [4.78, 5) is 27.7. The van der Waals surface area contributed by atoms with E-state index in [-0.39, 0.29) is 17.9 Å². The van der Waals surface area contributed by atoms with E-state index in [1.54, 1.807) is 12.5 Å². The van der Waals surface area contributed by atoms with E-state index in [1.165, 1.54) is 0 Å². The number of nitrogens with one attached hydrogen (secondary N) is 1. The zero-order valence-corrected chi connectivity index (χ0v) is 15.6. The van der Waals surface area contributed by atoms with Crippen molar-refractivity contribution >= 4 is 11.7 Å². The summed E-state index contributed by atoms with van der Waals surface area (Å²) in [5.41, 5.74) is 0.789. The van der Waals surface area contributed by atoms with Crippen LogP contribution < -0.4 is 10.2 Å². The minimum Gasteiger partial charge on any atom is -0.378 e. The van der Waals surface area contributed by atoms with Gasteiger partial charge in [-0.25, -0.2) is 15.0 Å². The number of rotatable bonds is 6. The molecule has 0 unspecified atom stereocenters. The minimum atomic E-state index is -0.324. The number of morpholine rings is 1. The second kappa shape index (κ2) is 8.27. The molecule has 3 rings (SSSR count). The fourth-order valence-electron chi connectivity index (χ4n) is 3.00. The Morgan fingerprint density at radius 2 is 2.00 bits per heavy atom. The van der Waals surface area contributed by atoms with Crippen LogP contribution in [0.3, 0.4) is 0 Å². The lowest BCUT2D eigenvalue weighted by Crippen LogP contribution is -2.37. The van der Waals surface area contributed by atoms with Crippen LogP contribution in [0.1, 0.15) is 44.2 Å². The van der Waals surface area contributed by atoms with Gasteiger partial charge in [-0.05, 0) is 6.92 Å². The summed E-state index contributed by atoms with van der Waals surface area (Å²) in [5.74, 6) is 1.98. The SMILES string of the molecule is CC(C)c1nccn1[C@@H](C)C(=O)NCc1cc(N2CCOCC2)ncn1. The maximum atomic E-state index is 12.5. The fourth-order valence-corrected chi connectivity index (χ4v) is 3.00. The van der Waals surface area contributed by atoms with Gasteiger partial charge in [-0.2, -0.15) is 0 Å². The van der Waals surface area contributed by atoms with Crippen LogP contribution in [-0.2, 0) is 16.1 Å². The summed E-state index contributed by atoms with van der Waals surface area (Å²) in [5, 5.41) is 2.96. The molecule has 0 saturated carbocycles. The Hall–Kier alpha value is -2.48. The lowest BCUT2D eigenvalue weighted by molar-refractivity contribution is -0.124. The average Bonchev–Trinajstić information content (AvgIpc) is 3.16. The number of imidazole rings is 1. The molecule has 1 fully saturated rings. The number of anilines is 1. The van der Waals surface area contributed by atoms with Crippen molar-refractivity contribution in [2.45, 2.75) is 39.3 Å². The molecule has 3 heterocycles. The predicted molar refractivity (Wildman–Crippen MR) is 97.9 cm³/mol. The number of hydrogen-bond donors (Lipinski definition) is 1. The van der Waals surface area contributed by atoms with Crippen LogP contribution in [-0.4, -0.2) is 51.7 Å². The van der Waals surface area contributed by atoms with Crippen molar-refractivity contribution in [2.24, 2.45) is 0 Å². The van der Waals surface area contributed by atoms with Gasteiger partial charge in [0.05, 0.1) is 25.5 Å². The normalized spacial score (nSPS) is 15.9. The first kappa shape index (κ1) is 18.3. The summed E-state index contributed by atoms with van der Waals surface area (Å²) in [6.45, 7) is 9.43. The van der Waals surface area contributed by atoms with Crippen LogP contribution in [0.4, 0.5) is 5.82 Å². The smallest absolute Gasteiger partial charge is 0.243 e. The number of ether oxygens (including phenoxy) is 1. The molecule has 1 aliphatic rings. The molecule has 1 N–H and O–H groups in total. The Labute approximate surface area is 153 Å². The van der Waals surface area contributed by atoms with E-state index in [9.17, 15) is 4.79 Å². The molecular formula is C18H26N6O2. The lowest BCUT2D eigenvalue weighted by atomic mass is 10.2. The van der Waals surface area contributed by atoms with E-state index in [0.717, 1.165) is 30.4 Å². The Kier molecular flexibility index (Phi) is 5.82. The third-order valence-electron chi connectivity index (χ3n) is 4.50. The van der Waals surface area contributed by atoms with Crippen LogP contribution in [0.15, 0.2) is 24.8 Å². The lowest BCUT2D eigenvalue weighted by Gasteiger charge is -2.27. The largest absolute Gasteiger partial charge is 0.378 e. The van der Waals surface area contributed by atoms with Crippen LogP contribution >= 0.6 is 0 Å². The Bertz CT molecular complexity index is 739. The maximum absolute atomic E-state index is 12.5. The molecular weight excluding hydrogens is 332 g/mol. The molecule has 140 valence electrons. The Morgan fingerprint density at radius 3 is 2.73 bits per heavy atom. The molecule has 1 aliphatic heterocycles. The Morgan fingerprint density at radius 1 is 1.23 bits per heavy atom. The zero-order chi connectivity index (χ0) is 18.5. The van der Waals surface area contributed by atoms with Gasteiger partial charge in [0.25, 0.3) is 0 Å². The summed E-state index contributed by atoms with van der Waals surface area (Å²) in [6.07, 6.45) is 5.13. The van der Waals surface area contributed by atoms with Crippen molar-refractivity contribution in [1.82, 2.24) is 24.8 Å². The summed E-state index contributed by atoms with van der Waals surface area (Å²) in [7, 11) is 0. The number of aromatic nitrogens is 4. The quantitative estimate of drug-likeness (QED) is 0.842. The molecule has 1 amide bonds. The van der Waals surface area contributed by atoms with Crippen molar-refractivity contribution in [1.29, 1.82) is 0 Å². The second-order valence-corrected chi connectivity index (χ2v) is 6.71. The van der Waals surface area contributed by atoms with Gasteiger partial charge in [0, 0.05) is 37.5 Å². The van der Waals surface area contributed by atoms with E-state index in [0.29, 0.717) is 19.8 Å². The first-order chi connectivity index (χ1) is 12.6. The van der Waals surface area contributed by atoms with E-state index in [4.69, 9.17) is 4.74 Å². The molecule has 0 bridgehead atoms. The molecule has 0 radical (unpaired) electrons. The fraction of sp³-hybridized carbons (Fsp3) is 0.556. The number of carbonyl (C=O) groups excluding carboxylic acids is 1. The summed E-state index contributed by atoms with van der Waals surface area (Å²) < 4.78 is 7.28. The minimum absolute atomic E-state index is 0.0589. The van der Waals surface area contributed by atoms with Gasteiger partial charge < -0.3 is 19.5 Å². The van der Waals surface area contributed by atoms with Gasteiger partial charge in [0.2, 0.25) is 5.91 Å². The molecule has 0 aromatic carbocycles. The standard InChI is InChI=1S/C18H26N6O2/c1-13(2)17-19-4-5-24(17)14(3)18(25)20-11-15-10-16(22-12-21-15)23-6-8-26-9-7-23/h4-5,10,12-14H,6-9,11H2,1-3H3,(H,20,25)/t14-/m0/s1. The number of amides is 1. The number of hydrogen-bond acceptors (Lipinski definition) is 6. The molecule has 2 aromatic rings. The highest BCUT2D eigenvalue weighted by atomic mass is 16.5. The van der Waals surface area contributed by atoms with Gasteiger partial charge in [-0.15, -0.1) is 0 Å². The zero-order valence-electron chi connectivity index (χ0n) is 15.6. The van der Waals surface area contributed by atoms with Crippen molar-refractivity contribution in [3.63, 3.8) is 0 Å². The molecule has 26 heavy (non-hydrogen) atoms. The van der Waals surface area contributed by atoms with Gasteiger partial charge in [-0.3, -0.25) is 4.79 Å². The topological polar surface area (TPSA) is 85.2 Å². The van der Waals surface area contributed by atoms with E-state index in [1.807, 2.05) is 23.8 Å². The summed E-state index contributed by atoms with van der Waals surface area (Å²) >= 11 is 0. The average molecular weight is 358 g/mol. The van der Waals surface area contributed by atoms with Crippen molar-refractivity contribution < 1.29 is 9.53 Å². The highest BCUT2D eigenvalue weighted by molar-refractivity contribution is 5.79. The molecule has 1 atom stereocenters. The second-order valence-electron chi connectivity index (χ2n) is 6.71. The molecule has 1 saturated heterocycles. The van der Waals surface area contributed by atoms with Crippen LogP contribution in [0.2, 0.25) is 0 Å². The molecule has 0 aliphatic carbocycles. The van der Waals surface area contributed by atoms with Crippen molar-refractivity contribution in [3.8, 4) is 0 Å². The predicted octanol–water partition coefficient (Wildman–Crippen LogP) is 1.51. The molecule has 8 nitrogen and oxygen atoms in total. The highest BCUT2D eigenvalue weighted by Crippen LogP contribution is 2.17. The summed E-state index contributed by atoms with van der Waals surface area (Å²) in [6, 6.07) is 1.60. The number of nitrogens with zero attached hydrogens (tertiary/aromatic N) is 5. The molecule has 8 heteroatoms. The highest BCUT2D eigenvalue weighted by Gasteiger charge is 2.19. The van der Waals surface area contributed by atoms with E-state index < -0.39 is 0 Å².